The second kappa shape index (κ2) is 15.4. The molecule has 1 aliphatic heterocycles. The van der Waals surface area contributed by atoms with Crippen molar-refractivity contribution in [3.8, 4) is 0 Å². The van der Waals surface area contributed by atoms with Crippen molar-refractivity contribution in [2.45, 2.75) is 16.6 Å². The molecule has 0 radical (unpaired) electrons. The van der Waals surface area contributed by atoms with Gasteiger partial charge in [0.25, 0.3) is 11.8 Å². The number of nitrogens with zero attached hydrogens (tertiary/aromatic N) is 3. The van der Waals surface area contributed by atoms with Gasteiger partial charge in [-0.15, -0.1) is 11.8 Å². The number of hydrogen-bond donors (Lipinski definition) is 2. The number of hydrogen-bond acceptors (Lipinski definition) is 7. The zero-order valence-electron chi connectivity index (χ0n) is 25.8. The highest BCUT2D eigenvalue weighted by molar-refractivity contribution is 8.00. The second-order valence-corrected chi connectivity index (χ2v) is 12.5. The molecule has 1 unspecified atom stereocenters. The Kier molecular flexibility index (Phi) is 10.4. The maximum absolute atomic E-state index is 13.4. The molecule has 11 heteroatoms. The van der Waals surface area contributed by atoms with Gasteiger partial charge in [0.1, 0.15) is 5.70 Å². The molecule has 4 amide bonds. The van der Waals surface area contributed by atoms with Crippen LogP contribution in [-0.2, 0) is 14.4 Å². The van der Waals surface area contributed by atoms with Gasteiger partial charge < -0.3 is 10.6 Å². The van der Waals surface area contributed by atoms with Gasteiger partial charge in [-0.1, -0.05) is 66.2 Å². The van der Waals surface area contributed by atoms with E-state index in [0.29, 0.717) is 38.9 Å². The maximum atomic E-state index is 13.4. The minimum Gasteiger partial charge on any atom is -0.321 e. The molecule has 1 saturated heterocycles. The Morgan fingerprint density at radius 2 is 1.37 bits per heavy atom. The predicted molar refractivity (Wildman–Crippen MR) is 192 cm³/mol. The molecule has 1 aliphatic rings. The van der Waals surface area contributed by atoms with Gasteiger partial charge in [0.15, 0.2) is 0 Å². The van der Waals surface area contributed by atoms with Crippen LogP contribution >= 0.6 is 23.4 Å². The number of rotatable bonds is 10. The lowest BCUT2D eigenvalue weighted by Crippen LogP contribution is -2.31. The summed E-state index contributed by atoms with van der Waals surface area (Å²) in [5.41, 5.74) is 3.20. The lowest BCUT2D eigenvalue weighted by Gasteiger charge is -2.15. The molecule has 242 valence electrons. The number of carbonyl (C=O) groups is 4. The minimum absolute atomic E-state index is 0.00264. The van der Waals surface area contributed by atoms with E-state index in [9.17, 15) is 19.2 Å². The number of thioether (sulfide) groups is 1. The van der Waals surface area contributed by atoms with E-state index in [0.717, 1.165) is 4.90 Å². The summed E-state index contributed by atoms with van der Waals surface area (Å²) in [5, 5.41) is 13.7. The van der Waals surface area contributed by atoms with Crippen molar-refractivity contribution in [1.82, 2.24) is 5.32 Å². The van der Waals surface area contributed by atoms with E-state index >= 15 is 0 Å². The first-order chi connectivity index (χ1) is 23.8. The summed E-state index contributed by atoms with van der Waals surface area (Å²) >= 11 is 7.60. The van der Waals surface area contributed by atoms with Crippen molar-refractivity contribution < 1.29 is 19.2 Å². The highest BCUT2D eigenvalue weighted by Gasteiger charge is 2.40. The Morgan fingerprint density at radius 3 is 2.04 bits per heavy atom. The molecule has 0 bridgehead atoms. The summed E-state index contributed by atoms with van der Waals surface area (Å²) in [7, 11) is 0. The van der Waals surface area contributed by atoms with Crippen LogP contribution in [0.3, 0.4) is 0 Å². The summed E-state index contributed by atoms with van der Waals surface area (Å²) in [4.78, 5) is 54.4. The molecule has 1 atom stereocenters. The Labute approximate surface area is 291 Å². The van der Waals surface area contributed by atoms with Crippen molar-refractivity contribution in [2.75, 3.05) is 10.2 Å². The van der Waals surface area contributed by atoms with E-state index < -0.39 is 17.1 Å². The summed E-state index contributed by atoms with van der Waals surface area (Å²) in [6, 6.07) is 38.5. The molecule has 1 heterocycles. The monoisotopic (exact) mass is 685 g/mol. The third-order valence-corrected chi connectivity index (χ3v) is 8.92. The van der Waals surface area contributed by atoms with Crippen molar-refractivity contribution in [3.63, 3.8) is 0 Å². The molecule has 0 aromatic heterocycles. The molecule has 2 N–H and O–H groups in total. The largest absolute Gasteiger partial charge is 0.321 e. The molecule has 1 fully saturated rings. The van der Waals surface area contributed by atoms with E-state index in [-0.39, 0.29) is 23.9 Å². The number of halogens is 1. The molecular weight excluding hydrogens is 658 g/mol. The zero-order chi connectivity index (χ0) is 34.2. The summed E-state index contributed by atoms with van der Waals surface area (Å²) in [6.07, 6.45) is 1.56. The van der Waals surface area contributed by atoms with Crippen molar-refractivity contribution in [1.29, 1.82) is 0 Å². The number of carbonyl (C=O) groups excluding carboxylic acids is 4. The molecule has 5 aromatic rings. The number of imide groups is 1. The van der Waals surface area contributed by atoms with Crippen LogP contribution in [0.4, 0.5) is 22.7 Å². The summed E-state index contributed by atoms with van der Waals surface area (Å²) < 4.78 is 0. The Balaban J connectivity index is 1.10. The van der Waals surface area contributed by atoms with Crippen LogP contribution in [0.1, 0.15) is 22.3 Å². The van der Waals surface area contributed by atoms with Crippen LogP contribution < -0.4 is 15.5 Å². The quantitative estimate of drug-likeness (QED) is 0.0867. The highest BCUT2D eigenvalue weighted by Crippen LogP contribution is 2.35. The van der Waals surface area contributed by atoms with Crippen molar-refractivity contribution in [3.05, 3.63) is 155 Å². The van der Waals surface area contributed by atoms with E-state index in [1.54, 1.807) is 103 Å². The Hall–Kier alpha value is -5.84. The molecule has 6 rings (SSSR count). The third-order valence-electron chi connectivity index (χ3n) is 7.37. The normalized spacial score (nSPS) is 14.7. The van der Waals surface area contributed by atoms with Gasteiger partial charge in [0, 0.05) is 27.6 Å². The van der Waals surface area contributed by atoms with Crippen LogP contribution in [-0.4, -0.2) is 28.9 Å². The second-order valence-electron chi connectivity index (χ2n) is 10.8. The summed E-state index contributed by atoms with van der Waals surface area (Å²) in [5.74, 6) is -1.60. The van der Waals surface area contributed by atoms with Crippen LogP contribution in [0.2, 0.25) is 5.02 Å². The topological polar surface area (TPSA) is 120 Å². The first-order valence-electron chi connectivity index (χ1n) is 15.2. The molecule has 5 aromatic carbocycles. The van der Waals surface area contributed by atoms with Crippen molar-refractivity contribution >= 4 is 75.8 Å². The van der Waals surface area contributed by atoms with E-state index in [2.05, 4.69) is 20.9 Å². The smallest absolute Gasteiger partial charge is 0.272 e. The van der Waals surface area contributed by atoms with E-state index in [1.807, 2.05) is 30.3 Å². The van der Waals surface area contributed by atoms with E-state index in [4.69, 9.17) is 11.6 Å². The first kappa shape index (κ1) is 33.1. The number of azo groups is 1. The standard InChI is InChI=1S/C38H28ClN5O4S/c39-32-14-8-7-11-26(32)23-33(41-36(46)25-9-3-1-4-10-25)37(47)40-27-17-21-31(22-18-27)49-34-24-35(45)44(38(34)48)30-19-15-29(16-20-30)43-42-28-12-5-2-6-13-28/h1-23,34H,24H2,(H,40,47)(H,41,46)/b33-23-,43-42?. The van der Waals surface area contributed by atoms with Crippen molar-refractivity contribution in [2.24, 2.45) is 10.2 Å². The number of benzene rings is 5. The van der Waals surface area contributed by atoms with Gasteiger partial charge in [-0.3, -0.25) is 19.2 Å². The summed E-state index contributed by atoms with van der Waals surface area (Å²) in [6.45, 7) is 0. The van der Waals surface area contributed by atoms with Gasteiger partial charge in [0.2, 0.25) is 11.8 Å². The van der Waals surface area contributed by atoms with Gasteiger partial charge in [-0.2, -0.15) is 10.2 Å². The lowest BCUT2D eigenvalue weighted by atomic mass is 10.1. The third kappa shape index (κ3) is 8.36. The fraction of sp³-hybridized carbons (Fsp3) is 0.0526. The molecule has 9 nitrogen and oxygen atoms in total. The van der Waals surface area contributed by atoms with Gasteiger partial charge in [-0.25, -0.2) is 4.90 Å². The lowest BCUT2D eigenvalue weighted by molar-refractivity contribution is -0.121. The van der Waals surface area contributed by atoms with Gasteiger partial charge in [0.05, 0.1) is 22.3 Å². The van der Waals surface area contributed by atoms with Gasteiger partial charge in [-0.05, 0) is 90.5 Å². The average Bonchev–Trinajstić information content (AvgIpc) is 3.41. The molecule has 0 aliphatic carbocycles. The molecule has 0 spiro atoms. The maximum Gasteiger partial charge on any atom is 0.272 e. The zero-order valence-corrected chi connectivity index (χ0v) is 27.4. The Bertz CT molecular complexity index is 2050. The molecule has 0 saturated carbocycles. The fourth-order valence-corrected chi connectivity index (χ4v) is 6.16. The SMILES string of the molecule is O=C(Nc1ccc(SC2CC(=O)N(c3ccc(N=Nc4ccccc4)cc3)C2=O)cc1)/C(=C/c1ccccc1Cl)NC(=O)c1ccccc1. The fourth-order valence-electron chi connectivity index (χ4n) is 4.92. The molecular formula is C38H28ClN5O4S. The van der Waals surface area contributed by atoms with Gasteiger partial charge >= 0.3 is 0 Å². The number of amides is 4. The number of nitrogens with one attached hydrogen (secondary N) is 2. The van der Waals surface area contributed by atoms with Crippen LogP contribution in [0.15, 0.2) is 154 Å². The predicted octanol–water partition coefficient (Wildman–Crippen LogP) is 8.59. The average molecular weight is 686 g/mol. The van der Waals surface area contributed by atoms with Crippen LogP contribution in [0.5, 0.6) is 0 Å². The first-order valence-corrected chi connectivity index (χ1v) is 16.4. The number of anilines is 2. The Morgan fingerprint density at radius 1 is 0.755 bits per heavy atom. The van der Waals surface area contributed by atoms with Crippen LogP contribution in [0, 0.1) is 0 Å². The van der Waals surface area contributed by atoms with Crippen LogP contribution in [0.25, 0.3) is 6.08 Å². The highest BCUT2D eigenvalue weighted by atomic mass is 35.5. The minimum atomic E-state index is -0.608. The van der Waals surface area contributed by atoms with E-state index in [1.165, 1.54) is 22.7 Å². The molecule has 49 heavy (non-hydrogen) atoms.